The maximum atomic E-state index is 12.6. The summed E-state index contributed by atoms with van der Waals surface area (Å²) in [5.74, 6) is -0.249. The first-order valence-electron chi connectivity index (χ1n) is 9.20. The zero-order chi connectivity index (χ0) is 20.4. The Morgan fingerprint density at radius 2 is 1.90 bits per heavy atom. The van der Waals surface area contributed by atoms with E-state index in [1.54, 1.807) is 18.2 Å². The number of anilines is 1. The SMILES string of the molecule is Cc1cc(C)n(Cc2cccc(NC(=O)c3cc(-c4ccc(Cl)cc4)n[nH]3)c2)n1. The third-order valence-electron chi connectivity index (χ3n) is 4.58. The Balaban J connectivity index is 1.47. The van der Waals surface area contributed by atoms with E-state index in [1.165, 1.54) is 0 Å². The topological polar surface area (TPSA) is 75.6 Å². The standard InChI is InChI=1S/C22H20ClN5O/c1-14-10-15(2)28(27-14)13-16-4-3-5-19(11-16)24-22(29)21-12-20(25-26-21)17-6-8-18(23)9-7-17/h3-12H,13H2,1-2H3,(H,24,29)(H,25,26). The third kappa shape index (κ3) is 4.38. The predicted octanol–water partition coefficient (Wildman–Crippen LogP) is 4.84. The van der Waals surface area contributed by atoms with Crippen molar-refractivity contribution in [1.82, 2.24) is 20.0 Å². The zero-order valence-electron chi connectivity index (χ0n) is 16.1. The number of carbonyl (C=O) groups excluding carboxylic acids is 1. The molecule has 0 aliphatic carbocycles. The van der Waals surface area contributed by atoms with Gasteiger partial charge in [-0.2, -0.15) is 10.2 Å². The van der Waals surface area contributed by atoms with Gasteiger partial charge in [-0.25, -0.2) is 0 Å². The lowest BCUT2D eigenvalue weighted by molar-refractivity contribution is 0.102. The molecule has 0 bridgehead atoms. The molecule has 0 atom stereocenters. The first-order valence-corrected chi connectivity index (χ1v) is 9.58. The van der Waals surface area contributed by atoms with Gasteiger partial charge in [-0.15, -0.1) is 0 Å². The van der Waals surface area contributed by atoms with Crippen LogP contribution in [0.3, 0.4) is 0 Å². The fourth-order valence-electron chi connectivity index (χ4n) is 3.16. The van der Waals surface area contributed by atoms with Crippen LogP contribution in [0.2, 0.25) is 5.02 Å². The summed E-state index contributed by atoms with van der Waals surface area (Å²) < 4.78 is 1.95. The van der Waals surface area contributed by atoms with E-state index in [0.717, 1.165) is 28.2 Å². The van der Waals surface area contributed by atoms with E-state index < -0.39 is 0 Å². The van der Waals surface area contributed by atoms with Gasteiger partial charge in [0.1, 0.15) is 5.69 Å². The molecule has 2 aromatic heterocycles. The summed E-state index contributed by atoms with van der Waals surface area (Å²) in [6.07, 6.45) is 0. The van der Waals surface area contributed by atoms with Gasteiger partial charge < -0.3 is 5.32 Å². The number of aromatic nitrogens is 4. The van der Waals surface area contributed by atoms with Gasteiger partial charge in [0.25, 0.3) is 5.91 Å². The molecule has 2 N–H and O–H groups in total. The number of H-pyrrole nitrogens is 1. The maximum absolute atomic E-state index is 12.6. The smallest absolute Gasteiger partial charge is 0.273 e. The Kier molecular flexibility index (Phi) is 5.18. The summed E-state index contributed by atoms with van der Waals surface area (Å²) in [7, 11) is 0. The first kappa shape index (κ1) is 19.0. The number of benzene rings is 2. The van der Waals surface area contributed by atoms with E-state index in [0.29, 0.717) is 23.0 Å². The number of aryl methyl sites for hydroxylation is 2. The second-order valence-electron chi connectivity index (χ2n) is 6.91. The highest BCUT2D eigenvalue weighted by atomic mass is 35.5. The molecule has 0 radical (unpaired) electrons. The minimum atomic E-state index is -0.249. The normalized spacial score (nSPS) is 10.9. The molecule has 0 unspecified atom stereocenters. The molecule has 0 fully saturated rings. The Hall–Kier alpha value is -3.38. The van der Waals surface area contributed by atoms with Crippen LogP contribution in [0.1, 0.15) is 27.4 Å². The van der Waals surface area contributed by atoms with Crippen LogP contribution in [0.25, 0.3) is 11.3 Å². The number of amides is 1. The van der Waals surface area contributed by atoms with Crippen LogP contribution < -0.4 is 5.32 Å². The number of nitrogens with one attached hydrogen (secondary N) is 2. The Morgan fingerprint density at radius 1 is 1.10 bits per heavy atom. The van der Waals surface area contributed by atoms with Crippen LogP contribution in [-0.2, 0) is 6.54 Å². The third-order valence-corrected chi connectivity index (χ3v) is 4.83. The van der Waals surface area contributed by atoms with Gasteiger partial charge in [-0.1, -0.05) is 35.9 Å². The lowest BCUT2D eigenvalue weighted by Crippen LogP contribution is -2.13. The monoisotopic (exact) mass is 405 g/mol. The number of carbonyl (C=O) groups is 1. The minimum absolute atomic E-state index is 0.249. The Labute approximate surface area is 173 Å². The van der Waals surface area contributed by atoms with Crippen molar-refractivity contribution < 1.29 is 4.79 Å². The molecule has 0 aliphatic rings. The number of aromatic amines is 1. The molecule has 0 spiro atoms. The number of nitrogens with zero attached hydrogens (tertiary/aromatic N) is 3. The largest absolute Gasteiger partial charge is 0.321 e. The molecule has 4 aromatic rings. The minimum Gasteiger partial charge on any atom is -0.321 e. The van der Waals surface area contributed by atoms with E-state index in [-0.39, 0.29) is 5.91 Å². The van der Waals surface area contributed by atoms with E-state index in [1.807, 2.05) is 61.0 Å². The van der Waals surface area contributed by atoms with Crippen LogP contribution in [0.5, 0.6) is 0 Å². The van der Waals surface area contributed by atoms with Gasteiger partial charge in [0, 0.05) is 22.0 Å². The van der Waals surface area contributed by atoms with Crippen LogP contribution in [0.15, 0.2) is 60.7 Å². The van der Waals surface area contributed by atoms with Crippen molar-refractivity contribution in [3.8, 4) is 11.3 Å². The highest BCUT2D eigenvalue weighted by Crippen LogP contribution is 2.21. The average molecular weight is 406 g/mol. The van der Waals surface area contributed by atoms with Crippen LogP contribution >= 0.6 is 11.6 Å². The van der Waals surface area contributed by atoms with Gasteiger partial charge in [-0.3, -0.25) is 14.6 Å². The molecule has 29 heavy (non-hydrogen) atoms. The van der Waals surface area contributed by atoms with Crippen molar-refractivity contribution in [3.05, 3.63) is 88.3 Å². The molecule has 0 aliphatic heterocycles. The van der Waals surface area contributed by atoms with Crippen molar-refractivity contribution in [3.63, 3.8) is 0 Å². The molecular formula is C22H20ClN5O. The van der Waals surface area contributed by atoms with Gasteiger partial charge in [0.2, 0.25) is 0 Å². The summed E-state index contributed by atoms with van der Waals surface area (Å²) >= 11 is 5.92. The Bertz CT molecular complexity index is 1160. The number of rotatable bonds is 5. The summed E-state index contributed by atoms with van der Waals surface area (Å²) in [4.78, 5) is 12.6. The Morgan fingerprint density at radius 3 is 2.62 bits per heavy atom. The highest BCUT2D eigenvalue weighted by molar-refractivity contribution is 6.30. The van der Waals surface area contributed by atoms with Crippen molar-refractivity contribution in [2.75, 3.05) is 5.32 Å². The van der Waals surface area contributed by atoms with E-state index in [9.17, 15) is 4.79 Å². The second kappa shape index (κ2) is 7.93. The lowest BCUT2D eigenvalue weighted by Gasteiger charge is -2.08. The van der Waals surface area contributed by atoms with E-state index in [4.69, 9.17) is 11.6 Å². The van der Waals surface area contributed by atoms with E-state index >= 15 is 0 Å². The van der Waals surface area contributed by atoms with Gasteiger partial charge >= 0.3 is 0 Å². The molecule has 7 heteroatoms. The van der Waals surface area contributed by atoms with Crippen molar-refractivity contribution in [1.29, 1.82) is 0 Å². The summed E-state index contributed by atoms with van der Waals surface area (Å²) in [5.41, 5.74) is 5.82. The van der Waals surface area contributed by atoms with Crippen molar-refractivity contribution in [2.45, 2.75) is 20.4 Å². The second-order valence-corrected chi connectivity index (χ2v) is 7.35. The van der Waals surface area contributed by atoms with Gasteiger partial charge in [-0.05, 0) is 55.8 Å². The maximum Gasteiger partial charge on any atom is 0.273 e. The molecule has 6 nitrogen and oxygen atoms in total. The summed E-state index contributed by atoms with van der Waals surface area (Å²) in [6.45, 7) is 4.65. The molecule has 0 saturated heterocycles. The molecule has 2 aromatic carbocycles. The molecular weight excluding hydrogens is 386 g/mol. The summed E-state index contributed by atoms with van der Waals surface area (Å²) in [6, 6.07) is 18.8. The average Bonchev–Trinajstić information content (AvgIpc) is 3.30. The first-order chi connectivity index (χ1) is 14.0. The molecule has 1 amide bonds. The highest BCUT2D eigenvalue weighted by Gasteiger charge is 2.12. The number of hydrogen-bond donors (Lipinski definition) is 2. The lowest BCUT2D eigenvalue weighted by atomic mass is 10.1. The van der Waals surface area contributed by atoms with E-state index in [2.05, 4.69) is 20.6 Å². The molecule has 0 saturated carbocycles. The molecule has 4 rings (SSSR count). The van der Waals surface area contributed by atoms with Gasteiger partial charge in [0.15, 0.2) is 0 Å². The van der Waals surface area contributed by atoms with Gasteiger partial charge in [0.05, 0.1) is 17.9 Å². The molecule has 146 valence electrons. The van der Waals surface area contributed by atoms with Crippen LogP contribution in [0.4, 0.5) is 5.69 Å². The molecule has 2 heterocycles. The quantitative estimate of drug-likeness (QED) is 0.498. The van der Waals surface area contributed by atoms with Crippen molar-refractivity contribution >= 4 is 23.2 Å². The fraction of sp³-hybridized carbons (Fsp3) is 0.136. The van der Waals surface area contributed by atoms with Crippen molar-refractivity contribution in [2.24, 2.45) is 0 Å². The fourth-order valence-corrected chi connectivity index (χ4v) is 3.29. The zero-order valence-corrected chi connectivity index (χ0v) is 16.9. The van der Waals surface area contributed by atoms with Crippen LogP contribution in [-0.4, -0.2) is 25.9 Å². The summed E-state index contributed by atoms with van der Waals surface area (Å²) in [5, 5.41) is 15.1. The predicted molar refractivity (Wildman–Crippen MR) is 114 cm³/mol. The number of hydrogen-bond acceptors (Lipinski definition) is 3. The number of halogens is 1. The van der Waals surface area contributed by atoms with Crippen LogP contribution in [0, 0.1) is 13.8 Å².